The number of aliphatic imine (C=N–C) groups is 1. The lowest BCUT2D eigenvalue weighted by atomic mass is 9.97. The predicted octanol–water partition coefficient (Wildman–Crippen LogP) is 0.915. The first-order valence-corrected chi connectivity index (χ1v) is 6.31. The van der Waals surface area contributed by atoms with E-state index < -0.39 is 0 Å². The Hall–Kier alpha value is -1.98. The summed E-state index contributed by atoms with van der Waals surface area (Å²) in [6.45, 7) is 1.61. The summed E-state index contributed by atoms with van der Waals surface area (Å²) in [5.74, 6) is 0.786. The molecule has 1 aliphatic heterocycles. The molecule has 0 bridgehead atoms. The molecule has 0 aromatic carbocycles. The summed E-state index contributed by atoms with van der Waals surface area (Å²) >= 11 is 0. The van der Waals surface area contributed by atoms with Gasteiger partial charge in [0, 0.05) is 32.4 Å². The molecule has 6 heteroatoms. The molecule has 2 rings (SSSR count). The van der Waals surface area contributed by atoms with Gasteiger partial charge >= 0.3 is 5.97 Å². The molecule has 1 aromatic rings. The number of nitrogens with zero attached hydrogens (tertiary/aromatic N) is 4. The molecule has 0 spiro atoms. The predicted molar refractivity (Wildman–Crippen MR) is 72.5 cm³/mol. The monoisotopic (exact) mass is 262 g/mol. The van der Waals surface area contributed by atoms with Crippen molar-refractivity contribution in [2.24, 2.45) is 10.9 Å². The van der Waals surface area contributed by atoms with E-state index in [0.717, 1.165) is 37.4 Å². The molecule has 1 aliphatic rings. The third kappa shape index (κ3) is 3.27. The van der Waals surface area contributed by atoms with Crippen molar-refractivity contribution in [3.8, 4) is 0 Å². The highest BCUT2D eigenvalue weighted by Gasteiger charge is 2.26. The maximum atomic E-state index is 11.5. The number of piperidine rings is 1. The summed E-state index contributed by atoms with van der Waals surface area (Å²) in [6, 6.07) is 1.91. The van der Waals surface area contributed by atoms with Gasteiger partial charge in [0.2, 0.25) is 0 Å². The van der Waals surface area contributed by atoms with Crippen LogP contribution in [0.15, 0.2) is 17.4 Å². The zero-order valence-electron chi connectivity index (χ0n) is 11.2. The first-order valence-electron chi connectivity index (χ1n) is 6.31. The molecule has 0 amide bonds. The molecule has 102 valence electrons. The minimum absolute atomic E-state index is 0.0137. The lowest BCUT2D eigenvalue weighted by Crippen LogP contribution is -2.37. The smallest absolute Gasteiger partial charge is 0.308 e. The van der Waals surface area contributed by atoms with E-state index in [9.17, 15) is 4.79 Å². The summed E-state index contributed by atoms with van der Waals surface area (Å²) in [5.41, 5.74) is 0.794. The molecule has 1 aromatic heterocycles. The molecular formula is C13H18N4O2. The zero-order valence-corrected chi connectivity index (χ0v) is 11.2. The summed E-state index contributed by atoms with van der Waals surface area (Å²) in [5, 5.41) is 0. The molecule has 1 saturated heterocycles. The second-order valence-electron chi connectivity index (χ2n) is 4.47. The van der Waals surface area contributed by atoms with Crippen molar-refractivity contribution >= 4 is 18.0 Å². The second kappa shape index (κ2) is 6.26. The van der Waals surface area contributed by atoms with Crippen LogP contribution in [0, 0.1) is 5.92 Å². The second-order valence-corrected chi connectivity index (χ2v) is 4.47. The van der Waals surface area contributed by atoms with Crippen LogP contribution < -0.4 is 4.90 Å². The van der Waals surface area contributed by atoms with Crippen LogP contribution in [-0.2, 0) is 9.53 Å². The van der Waals surface area contributed by atoms with E-state index in [0.29, 0.717) is 0 Å². The minimum Gasteiger partial charge on any atom is -0.469 e. The molecule has 19 heavy (non-hydrogen) atoms. The van der Waals surface area contributed by atoms with E-state index in [-0.39, 0.29) is 11.9 Å². The number of hydrogen-bond donors (Lipinski definition) is 0. The Kier molecular flexibility index (Phi) is 4.43. The summed E-state index contributed by atoms with van der Waals surface area (Å²) in [4.78, 5) is 26.0. The van der Waals surface area contributed by atoms with Crippen molar-refractivity contribution in [3.63, 3.8) is 0 Å². The lowest BCUT2D eigenvalue weighted by Gasteiger charge is -2.31. The quantitative estimate of drug-likeness (QED) is 0.598. The number of ether oxygens (including phenoxy) is 1. The number of hydrogen-bond acceptors (Lipinski definition) is 6. The van der Waals surface area contributed by atoms with Gasteiger partial charge in [0.15, 0.2) is 0 Å². The van der Waals surface area contributed by atoms with Crippen LogP contribution >= 0.6 is 0 Å². The van der Waals surface area contributed by atoms with E-state index in [2.05, 4.69) is 19.9 Å². The fourth-order valence-corrected chi connectivity index (χ4v) is 2.25. The van der Waals surface area contributed by atoms with Crippen LogP contribution in [0.25, 0.3) is 0 Å². The van der Waals surface area contributed by atoms with Crippen molar-refractivity contribution in [2.75, 3.05) is 32.1 Å². The zero-order chi connectivity index (χ0) is 13.7. The maximum absolute atomic E-state index is 11.5. The van der Waals surface area contributed by atoms with E-state index in [1.807, 2.05) is 6.07 Å². The van der Waals surface area contributed by atoms with Crippen molar-refractivity contribution in [1.82, 2.24) is 9.97 Å². The number of anilines is 1. The van der Waals surface area contributed by atoms with Gasteiger partial charge in [-0.15, -0.1) is 0 Å². The molecule has 0 N–H and O–H groups in total. The summed E-state index contributed by atoms with van der Waals surface area (Å²) in [7, 11) is 3.15. The molecule has 0 unspecified atom stereocenters. The van der Waals surface area contributed by atoms with Crippen LogP contribution in [0.4, 0.5) is 5.82 Å². The van der Waals surface area contributed by atoms with Gasteiger partial charge in [-0.3, -0.25) is 9.79 Å². The number of carbonyl (C=O) groups is 1. The van der Waals surface area contributed by atoms with Crippen LogP contribution in [0.1, 0.15) is 18.5 Å². The van der Waals surface area contributed by atoms with E-state index in [1.54, 1.807) is 19.6 Å². The Labute approximate surface area is 112 Å². The molecule has 0 radical (unpaired) electrons. The van der Waals surface area contributed by atoms with Crippen molar-refractivity contribution < 1.29 is 9.53 Å². The SMILES string of the molecule is C/N=C\c1cc(N2CCC(C(=O)OC)CC2)ncn1. The number of esters is 1. The Morgan fingerprint density at radius 1 is 1.47 bits per heavy atom. The molecule has 1 fully saturated rings. The van der Waals surface area contributed by atoms with Gasteiger partial charge in [-0.1, -0.05) is 0 Å². The highest BCUT2D eigenvalue weighted by atomic mass is 16.5. The normalized spacial score (nSPS) is 16.8. The molecular weight excluding hydrogens is 244 g/mol. The topological polar surface area (TPSA) is 67.7 Å². The maximum Gasteiger partial charge on any atom is 0.308 e. The average molecular weight is 262 g/mol. The van der Waals surface area contributed by atoms with E-state index in [1.165, 1.54) is 7.11 Å². The fourth-order valence-electron chi connectivity index (χ4n) is 2.25. The first kappa shape index (κ1) is 13.5. The van der Waals surface area contributed by atoms with Gasteiger partial charge in [-0.05, 0) is 12.8 Å². The number of methoxy groups -OCH3 is 1. The van der Waals surface area contributed by atoms with Crippen LogP contribution in [0.2, 0.25) is 0 Å². The van der Waals surface area contributed by atoms with Gasteiger partial charge in [0.1, 0.15) is 12.1 Å². The Morgan fingerprint density at radius 2 is 2.21 bits per heavy atom. The largest absolute Gasteiger partial charge is 0.469 e. The Bertz CT molecular complexity index is 467. The van der Waals surface area contributed by atoms with Crippen LogP contribution in [0.5, 0.6) is 0 Å². The molecule has 6 nitrogen and oxygen atoms in total. The molecule has 0 atom stereocenters. The third-order valence-electron chi connectivity index (χ3n) is 3.29. The van der Waals surface area contributed by atoms with Crippen LogP contribution in [0.3, 0.4) is 0 Å². The number of carbonyl (C=O) groups excluding carboxylic acids is 1. The minimum atomic E-state index is -0.110. The van der Waals surface area contributed by atoms with Gasteiger partial charge < -0.3 is 9.64 Å². The average Bonchev–Trinajstić information content (AvgIpc) is 2.47. The Balaban J connectivity index is 2.01. The van der Waals surface area contributed by atoms with Crippen molar-refractivity contribution in [3.05, 3.63) is 18.1 Å². The van der Waals surface area contributed by atoms with Crippen molar-refractivity contribution in [1.29, 1.82) is 0 Å². The molecule has 0 saturated carbocycles. The highest BCUT2D eigenvalue weighted by Crippen LogP contribution is 2.22. The summed E-state index contributed by atoms with van der Waals surface area (Å²) < 4.78 is 4.78. The van der Waals surface area contributed by atoms with Gasteiger partial charge in [-0.25, -0.2) is 9.97 Å². The first-order chi connectivity index (χ1) is 9.24. The standard InChI is InChI=1S/C13H18N4O2/c1-14-8-11-7-12(16-9-15-11)17-5-3-10(4-6-17)13(18)19-2/h7-10H,3-6H2,1-2H3/b14-8-. The van der Waals surface area contributed by atoms with Gasteiger partial charge in [0.25, 0.3) is 0 Å². The molecule has 0 aliphatic carbocycles. The summed E-state index contributed by atoms with van der Waals surface area (Å²) in [6.07, 6.45) is 4.84. The molecule has 2 heterocycles. The number of rotatable bonds is 3. The Morgan fingerprint density at radius 3 is 2.84 bits per heavy atom. The van der Waals surface area contributed by atoms with Gasteiger partial charge in [-0.2, -0.15) is 0 Å². The van der Waals surface area contributed by atoms with Gasteiger partial charge in [0.05, 0.1) is 18.7 Å². The van der Waals surface area contributed by atoms with E-state index >= 15 is 0 Å². The van der Waals surface area contributed by atoms with Crippen LogP contribution in [-0.4, -0.2) is 49.4 Å². The third-order valence-corrected chi connectivity index (χ3v) is 3.29. The fraction of sp³-hybridized carbons (Fsp3) is 0.538. The van der Waals surface area contributed by atoms with E-state index in [4.69, 9.17) is 4.74 Å². The highest BCUT2D eigenvalue weighted by molar-refractivity contribution is 5.78. The lowest BCUT2D eigenvalue weighted by molar-refractivity contribution is -0.146. The number of aromatic nitrogens is 2. The van der Waals surface area contributed by atoms with Crippen molar-refractivity contribution in [2.45, 2.75) is 12.8 Å².